The van der Waals surface area contributed by atoms with Gasteiger partial charge in [-0.1, -0.05) is 0 Å². The van der Waals surface area contributed by atoms with Crippen LogP contribution in [-0.4, -0.2) is 21.9 Å². The molecule has 102 valence electrons. The van der Waals surface area contributed by atoms with E-state index in [1.165, 1.54) is 12.4 Å². The lowest BCUT2D eigenvalue weighted by molar-refractivity contribution is -0.384. The first-order chi connectivity index (χ1) is 9.08. The van der Waals surface area contributed by atoms with Gasteiger partial charge in [-0.3, -0.25) is 19.9 Å². The largest absolute Gasteiger partial charge is 0.377 e. The summed E-state index contributed by atoms with van der Waals surface area (Å²) in [5, 5.41) is 14.0. The quantitative estimate of drug-likeness (QED) is 0.631. The molecule has 7 nitrogen and oxygen atoms in total. The van der Waals surface area contributed by atoms with Gasteiger partial charge in [-0.05, 0) is 31.7 Å². The van der Waals surface area contributed by atoms with E-state index in [4.69, 9.17) is 5.73 Å². The average Bonchev–Trinajstić information content (AvgIpc) is 2.39. The Kier molecular flexibility index (Phi) is 3.94. The number of pyridine rings is 1. The first-order valence-corrected chi connectivity index (χ1v) is 6.22. The molecule has 0 bridgehead atoms. The summed E-state index contributed by atoms with van der Waals surface area (Å²) in [4.78, 5) is 25.2. The van der Waals surface area contributed by atoms with E-state index < -0.39 is 4.92 Å². The molecular weight excluding hydrogens is 248 g/mol. The number of rotatable bonds is 4. The second kappa shape index (κ2) is 5.64. The van der Waals surface area contributed by atoms with E-state index in [0.29, 0.717) is 5.69 Å². The zero-order chi connectivity index (χ0) is 13.8. The third-order valence-electron chi connectivity index (χ3n) is 3.49. The molecule has 1 heterocycles. The monoisotopic (exact) mass is 264 g/mol. The van der Waals surface area contributed by atoms with Crippen LogP contribution in [0, 0.1) is 16.0 Å². The zero-order valence-corrected chi connectivity index (χ0v) is 10.4. The predicted octanol–water partition coefficient (Wildman–Crippen LogP) is 1.45. The standard InChI is InChI=1S/C12H16N4O3/c13-12(17)8-1-3-9(4-2-8)15-10-5-6-14-7-11(10)16(18)19/h5-9H,1-4H2,(H2,13,17)(H,14,15). The molecule has 2 rings (SSSR count). The van der Waals surface area contributed by atoms with Crippen LogP contribution in [0.25, 0.3) is 0 Å². The maximum absolute atomic E-state index is 11.1. The zero-order valence-electron chi connectivity index (χ0n) is 10.4. The lowest BCUT2D eigenvalue weighted by Crippen LogP contribution is -2.32. The Bertz CT molecular complexity index is 484. The van der Waals surface area contributed by atoms with Crippen molar-refractivity contribution in [2.75, 3.05) is 5.32 Å². The summed E-state index contributed by atoms with van der Waals surface area (Å²) in [5.74, 6) is -0.321. The Morgan fingerprint density at radius 3 is 2.68 bits per heavy atom. The van der Waals surface area contributed by atoms with Crippen molar-refractivity contribution in [2.24, 2.45) is 11.7 Å². The van der Waals surface area contributed by atoms with E-state index in [0.717, 1.165) is 25.7 Å². The van der Waals surface area contributed by atoms with Gasteiger partial charge in [0.1, 0.15) is 11.9 Å². The van der Waals surface area contributed by atoms with Gasteiger partial charge >= 0.3 is 5.69 Å². The molecule has 0 atom stereocenters. The van der Waals surface area contributed by atoms with E-state index in [1.54, 1.807) is 6.07 Å². The minimum atomic E-state index is -0.454. The molecule has 7 heteroatoms. The van der Waals surface area contributed by atoms with Crippen molar-refractivity contribution >= 4 is 17.3 Å². The topological polar surface area (TPSA) is 111 Å². The highest BCUT2D eigenvalue weighted by atomic mass is 16.6. The number of nitrogens with one attached hydrogen (secondary N) is 1. The Balaban J connectivity index is 2.00. The summed E-state index contributed by atoms with van der Waals surface area (Å²) >= 11 is 0. The lowest BCUT2D eigenvalue weighted by atomic mass is 9.85. The molecule has 1 aliphatic carbocycles. The van der Waals surface area contributed by atoms with Crippen molar-refractivity contribution in [2.45, 2.75) is 31.7 Å². The highest BCUT2D eigenvalue weighted by molar-refractivity contribution is 5.76. The van der Waals surface area contributed by atoms with Crippen molar-refractivity contribution in [3.8, 4) is 0 Å². The number of nitrogens with two attached hydrogens (primary N) is 1. The SMILES string of the molecule is NC(=O)C1CCC(Nc2ccncc2[N+](=O)[O-])CC1. The van der Waals surface area contributed by atoms with E-state index in [9.17, 15) is 14.9 Å². The highest BCUT2D eigenvalue weighted by Gasteiger charge is 2.26. The molecule has 0 aliphatic heterocycles. The molecule has 1 saturated carbocycles. The number of aromatic nitrogens is 1. The summed E-state index contributed by atoms with van der Waals surface area (Å²) in [5.41, 5.74) is 5.72. The van der Waals surface area contributed by atoms with Crippen LogP contribution < -0.4 is 11.1 Å². The number of hydrogen-bond donors (Lipinski definition) is 2. The van der Waals surface area contributed by atoms with Gasteiger partial charge in [0.2, 0.25) is 5.91 Å². The molecular formula is C12H16N4O3. The average molecular weight is 264 g/mol. The van der Waals surface area contributed by atoms with Crippen LogP contribution in [0.15, 0.2) is 18.5 Å². The third kappa shape index (κ3) is 3.18. The normalized spacial score (nSPS) is 22.7. The van der Waals surface area contributed by atoms with Gasteiger partial charge in [0, 0.05) is 18.2 Å². The smallest absolute Gasteiger partial charge is 0.310 e. The summed E-state index contributed by atoms with van der Waals surface area (Å²) in [6, 6.07) is 1.73. The predicted molar refractivity (Wildman–Crippen MR) is 69.5 cm³/mol. The lowest BCUT2D eigenvalue weighted by Gasteiger charge is -2.27. The molecule has 0 radical (unpaired) electrons. The van der Waals surface area contributed by atoms with Gasteiger partial charge in [-0.25, -0.2) is 0 Å². The van der Waals surface area contributed by atoms with Crippen LogP contribution in [0.1, 0.15) is 25.7 Å². The van der Waals surface area contributed by atoms with Crippen LogP contribution in [0.4, 0.5) is 11.4 Å². The molecule has 0 spiro atoms. The first-order valence-electron chi connectivity index (χ1n) is 6.22. The number of nitro groups is 1. The molecule has 1 aromatic heterocycles. The second-order valence-electron chi connectivity index (χ2n) is 4.75. The Morgan fingerprint density at radius 2 is 2.11 bits per heavy atom. The van der Waals surface area contributed by atoms with Gasteiger partial charge in [0.05, 0.1) is 4.92 Å². The first kappa shape index (κ1) is 13.3. The van der Waals surface area contributed by atoms with Crippen LogP contribution in [0.3, 0.4) is 0 Å². The third-order valence-corrected chi connectivity index (χ3v) is 3.49. The maximum Gasteiger partial charge on any atom is 0.310 e. The number of hydrogen-bond acceptors (Lipinski definition) is 5. The number of anilines is 1. The fourth-order valence-corrected chi connectivity index (χ4v) is 2.40. The molecule has 1 fully saturated rings. The number of carbonyl (C=O) groups is 1. The van der Waals surface area contributed by atoms with Crippen molar-refractivity contribution in [3.05, 3.63) is 28.6 Å². The number of primary amides is 1. The molecule has 3 N–H and O–H groups in total. The van der Waals surface area contributed by atoms with E-state index in [-0.39, 0.29) is 23.6 Å². The molecule has 0 unspecified atom stereocenters. The minimum absolute atomic E-state index is 0.0282. The van der Waals surface area contributed by atoms with Gasteiger partial charge in [-0.2, -0.15) is 0 Å². The van der Waals surface area contributed by atoms with Crippen LogP contribution >= 0.6 is 0 Å². The van der Waals surface area contributed by atoms with Crippen molar-refractivity contribution in [1.29, 1.82) is 0 Å². The Morgan fingerprint density at radius 1 is 1.42 bits per heavy atom. The fourth-order valence-electron chi connectivity index (χ4n) is 2.40. The minimum Gasteiger partial charge on any atom is -0.377 e. The van der Waals surface area contributed by atoms with E-state index in [2.05, 4.69) is 10.3 Å². The Hall–Kier alpha value is -2.18. The summed E-state index contributed by atoms with van der Waals surface area (Å²) in [7, 11) is 0. The van der Waals surface area contributed by atoms with Crippen LogP contribution in [0.5, 0.6) is 0 Å². The van der Waals surface area contributed by atoms with Gasteiger partial charge in [0.15, 0.2) is 0 Å². The number of amides is 1. The molecule has 0 aromatic carbocycles. The van der Waals surface area contributed by atoms with Gasteiger partial charge in [-0.15, -0.1) is 0 Å². The summed E-state index contributed by atoms with van der Waals surface area (Å²) < 4.78 is 0. The number of carbonyl (C=O) groups excluding carboxylic acids is 1. The summed E-state index contributed by atoms with van der Waals surface area (Å²) in [6.07, 6.45) is 5.78. The molecule has 1 aromatic rings. The summed E-state index contributed by atoms with van der Waals surface area (Å²) in [6.45, 7) is 0. The molecule has 1 amide bonds. The van der Waals surface area contributed by atoms with Crippen LogP contribution in [0.2, 0.25) is 0 Å². The highest BCUT2D eigenvalue weighted by Crippen LogP contribution is 2.29. The van der Waals surface area contributed by atoms with E-state index in [1.807, 2.05) is 0 Å². The van der Waals surface area contributed by atoms with Crippen molar-refractivity contribution in [3.63, 3.8) is 0 Å². The molecule has 19 heavy (non-hydrogen) atoms. The van der Waals surface area contributed by atoms with Gasteiger partial charge < -0.3 is 11.1 Å². The molecule has 0 saturated heterocycles. The van der Waals surface area contributed by atoms with Crippen molar-refractivity contribution in [1.82, 2.24) is 4.98 Å². The Labute approximate surface area is 110 Å². The van der Waals surface area contributed by atoms with E-state index >= 15 is 0 Å². The number of nitrogens with zero attached hydrogens (tertiary/aromatic N) is 2. The maximum atomic E-state index is 11.1. The molecule has 1 aliphatic rings. The second-order valence-corrected chi connectivity index (χ2v) is 4.75. The van der Waals surface area contributed by atoms with Crippen LogP contribution in [-0.2, 0) is 4.79 Å². The van der Waals surface area contributed by atoms with Gasteiger partial charge in [0.25, 0.3) is 0 Å². The fraction of sp³-hybridized carbons (Fsp3) is 0.500. The van der Waals surface area contributed by atoms with Crippen molar-refractivity contribution < 1.29 is 9.72 Å².